The Bertz CT molecular complexity index is 3290. The van der Waals surface area contributed by atoms with Crippen LogP contribution in [0.2, 0.25) is 0 Å². The van der Waals surface area contributed by atoms with Crippen molar-refractivity contribution in [3.05, 3.63) is 235 Å². The van der Waals surface area contributed by atoms with E-state index in [1.165, 1.54) is 86.5 Å². The summed E-state index contributed by atoms with van der Waals surface area (Å²) in [6, 6.07) is 78.1. The molecule has 1 aliphatic rings. The van der Waals surface area contributed by atoms with Gasteiger partial charge in [0.1, 0.15) is 0 Å². The summed E-state index contributed by atoms with van der Waals surface area (Å²) in [5, 5.41) is 5.06. The lowest BCUT2D eigenvalue weighted by Gasteiger charge is -2.35. The van der Waals surface area contributed by atoms with Gasteiger partial charge in [-0.05, 0) is 80.9 Å². The zero-order valence-corrected chi connectivity index (χ0v) is 32.4. The maximum absolute atomic E-state index is 3.79. The highest BCUT2D eigenvalue weighted by molar-refractivity contribution is 7.27. The maximum Gasteiger partial charge on any atom is 0.0714 e. The SMILES string of the molecule is c1ccc(-c2ccc(N(c3ccc4c(c3)C(c3ccccc3)(c3ccccc3)c3ccccc3-4)c3cccc4c3sc3c4ccc4c5ccccc5[nH]c43)cc2)cc1. The van der Waals surface area contributed by atoms with Crippen LogP contribution in [0.3, 0.4) is 0 Å². The quantitative estimate of drug-likeness (QED) is 0.179. The van der Waals surface area contributed by atoms with Crippen molar-refractivity contribution in [2.75, 3.05) is 4.90 Å². The van der Waals surface area contributed by atoms with Crippen molar-refractivity contribution in [3.63, 3.8) is 0 Å². The molecule has 0 unspecified atom stereocenters. The highest BCUT2D eigenvalue weighted by Gasteiger charge is 2.46. The van der Waals surface area contributed by atoms with Gasteiger partial charge in [-0.25, -0.2) is 0 Å². The van der Waals surface area contributed by atoms with Gasteiger partial charge in [0.25, 0.3) is 0 Å². The number of aromatic amines is 1. The number of H-pyrrole nitrogens is 1. The minimum Gasteiger partial charge on any atom is -0.353 e. The van der Waals surface area contributed by atoms with Gasteiger partial charge < -0.3 is 9.88 Å². The van der Waals surface area contributed by atoms with Gasteiger partial charge in [0.2, 0.25) is 0 Å². The fourth-order valence-electron chi connectivity index (χ4n) is 9.77. The first kappa shape index (κ1) is 33.0. The molecule has 2 nitrogen and oxygen atoms in total. The summed E-state index contributed by atoms with van der Waals surface area (Å²) in [5.41, 5.74) is 15.3. The normalized spacial score (nSPS) is 13.0. The molecule has 0 radical (unpaired) electrons. The molecule has 1 N–H and O–H groups in total. The first-order chi connectivity index (χ1) is 28.8. The zero-order chi connectivity index (χ0) is 38.2. The number of hydrogen-bond donors (Lipinski definition) is 1. The largest absolute Gasteiger partial charge is 0.353 e. The van der Waals surface area contributed by atoms with Crippen LogP contribution in [0.4, 0.5) is 17.1 Å². The predicted octanol–water partition coefficient (Wildman–Crippen LogP) is 15.2. The molecule has 0 fully saturated rings. The van der Waals surface area contributed by atoms with Crippen molar-refractivity contribution in [1.82, 2.24) is 4.98 Å². The molecular weight excluding hydrogens is 721 g/mol. The molecule has 0 amide bonds. The molecule has 272 valence electrons. The molecule has 0 saturated carbocycles. The second-order valence-corrected chi connectivity index (χ2v) is 16.3. The average molecular weight is 757 g/mol. The number of anilines is 3. The number of aromatic nitrogens is 1. The average Bonchev–Trinajstić information content (AvgIpc) is 3.97. The lowest BCUT2D eigenvalue weighted by molar-refractivity contribution is 0.768. The summed E-state index contributed by atoms with van der Waals surface area (Å²) in [5.74, 6) is 0. The van der Waals surface area contributed by atoms with Crippen molar-refractivity contribution in [1.29, 1.82) is 0 Å². The number of nitrogens with zero attached hydrogens (tertiary/aromatic N) is 1. The van der Waals surface area contributed by atoms with Gasteiger partial charge in [0.05, 0.1) is 26.0 Å². The van der Waals surface area contributed by atoms with Gasteiger partial charge in [-0.3, -0.25) is 0 Å². The summed E-state index contributed by atoms with van der Waals surface area (Å²) in [6.45, 7) is 0. The van der Waals surface area contributed by atoms with Crippen molar-refractivity contribution < 1.29 is 0 Å². The number of thiophene rings is 1. The minimum atomic E-state index is -0.502. The molecule has 2 aromatic heterocycles. The number of benzene rings is 9. The molecule has 0 saturated heterocycles. The van der Waals surface area contributed by atoms with Gasteiger partial charge in [-0.2, -0.15) is 0 Å². The van der Waals surface area contributed by atoms with Crippen molar-refractivity contribution in [2.24, 2.45) is 0 Å². The topological polar surface area (TPSA) is 19.0 Å². The molecular formula is C55H36N2S. The lowest BCUT2D eigenvalue weighted by Crippen LogP contribution is -2.28. The second kappa shape index (κ2) is 12.9. The van der Waals surface area contributed by atoms with E-state index in [1.807, 2.05) is 11.3 Å². The van der Waals surface area contributed by atoms with Crippen LogP contribution in [0, 0.1) is 0 Å². The number of para-hydroxylation sites is 1. The lowest BCUT2D eigenvalue weighted by atomic mass is 9.67. The molecule has 11 aromatic rings. The van der Waals surface area contributed by atoms with Crippen LogP contribution >= 0.6 is 11.3 Å². The summed E-state index contributed by atoms with van der Waals surface area (Å²) in [7, 11) is 0. The molecule has 0 atom stereocenters. The van der Waals surface area contributed by atoms with Gasteiger partial charge in [0.15, 0.2) is 0 Å². The Hall–Kier alpha value is -7.20. The molecule has 0 bridgehead atoms. The van der Waals surface area contributed by atoms with Crippen molar-refractivity contribution >= 4 is 70.4 Å². The van der Waals surface area contributed by atoms with Crippen LogP contribution in [0.1, 0.15) is 22.3 Å². The Kier molecular flexibility index (Phi) is 7.35. The van der Waals surface area contributed by atoms with E-state index >= 15 is 0 Å². The number of rotatable bonds is 6. The summed E-state index contributed by atoms with van der Waals surface area (Å²) >= 11 is 1.89. The third-order valence-corrected chi connectivity index (χ3v) is 13.6. The van der Waals surface area contributed by atoms with Crippen LogP contribution in [0.5, 0.6) is 0 Å². The van der Waals surface area contributed by atoms with Crippen molar-refractivity contribution in [2.45, 2.75) is 5.41 Å². The van der Waals surface area contributed by atoms with E-state index in [4.69, 9.17) is 0 Å². The Morgan fingerprint density at radius 2 is 0.983 bits per heavy atom. The zero-order valence-electron chi connectivity index (χ0n) is 31.6. The summed E-state index contributed by atoms with van der Waals surface area (Å²) < 4.78 is 2.55. The first-order valence-corrected chi connectivity index (χ1v) is 20.7. The first-order valence-electron chi connectivity index (χ1n) is 19.9. The van der Waals surface area contributed by atoms with Crippen LogP contribution in [0.15, 0.2) is 212 Å². The highest BCUT2D eigenvalue weighted by Crippen LogP contribution is 2.57. The third-order valence-electron chi connectivity index (χ3n) is 12.3. The summed E-state index contributed by atoms with van der Waals surface area (Å²) in [4.78, 5) is 6.27. The van der Waals surface area contributed by atoms with Crippen molar-refractivity contribution in [3.8, 4) is 22.3 Å². The summed E-state index contributed by atoms with van der Waals surface area (Å²) in [6.07, 6.45) is 0. The maximum atomic E-state index is 3.79. The van der Waals surface area contributed by atoms with Crippen LogP contribution < -0.4 is 4.90 Å². The van der Waals surface area contributed by atoms with Gasteiger partial charge in [-0.15, -0.1) is 11.3 Å². The minimum absolute atomic E-state index is 0.502. The number of nitrogens with one attached hydrogen (secondary N) is 1. The monoisotopic (exact) mass is 756 g/mol. The van der Waals surface area contributed by atoms with Crippen LogP contribution in [0.25, 0.3) is 64.2 Å². The van der Waals surface area contributed by atoms with E-state index in [2.05, 4.69) is 222 Å². The van der Waals surface area contributed by atoms with Gasteiger partial charge in [-0.1, -0.05) is 176 Å². The van der Waals surface area contributed by atoms with Crippen LogP contribution in [-0.2, 0) is 5.41 Å². The fraction of sp³-hybridized carbons (Fsp3) is 0.0182. The standard InChI is InChI=1S/C55H36N2S/c1-4-15-36(16-5-1)37-27-29-40(30-28-37)57(51-26-14-23-46-47-34-33-45-44-22-11-13-25-50(44)56-52(45)54(47)58-53(46)51)41-31-32-43-42-21-10-12-24-48(42)55(49(43)35-41,38-17-6-2-7-18-38)39-19-8-3-9-20-39/h1-35,56H. The van der Waals surface area contributed by atoms with E-state index in [0.717, 1.165) is 17.1 Å². The van der Waals surface area contributed by atoms with E-state index in [1.54, 1.807) is 0 Å². The number of hydrogen-bond acceptors (Lipinski definition) is 2. The van der Waals surface area contributed by atoms with E-state index in [9.17, 15) is 0 Å². The third kappa shape index (κ3) is 4.78. The van der Waals surface area contributed by atoms with E-state index in [-0.39, 0.29) is 0 Å². The molecule has 12 rings (SSSR count). The Morgan fingerprint density at radius 3 is 1.76 bits per heavy atom. The van der Waals surface area contributed by atoms with Gasteiger partial charge in [0, 0.05) is 38.4 Å². The van der Waals surface area contributed by atoms with Gasteiger partial charge >= 0.3 is 0 Å². The van der Waals surface area contributed by atoms with E-state index < -0.39 is 5.41 Å². The van der Waals surface area contributed by atoms with E-state index in [0.29, 0.717) is 0 Å². The highest BCUT2D eigenvalue weighted by atomic mass is 32.1. The molecule has 58 heavy (non-hydrogen) atoms. The molecule has 9 aromatic carbocycles. The molecule has 3 heteroatoms. The fourth-order valence-corrected chi connectivity index (χ4v) is 11.1. The molecule has 0 aliphatic heterocycles. The molecule has 2 heterocycles. The number of fused-ring (bicyclic) bond motifs is 10. The molecule has 0 spiro atoms. The Balaban J connectivity index is 1.13. The Morgan fingerprint density at radius 1 is 0.397 bits per heavy atom. The second-order valence-electron chi connectivity index (χ2n) is 15.3. The van der Waals surface area contributed by atoms with Crippen LogP contribution in [-0.4, -0.2) is 4.98 Å². The smallest absolute Gasteiger partial charge is 0.0714 e. The molecule has 1 aliphatic carbocycles. The predicted molar refractivity (Wildman–Crippen MR) is 246 cm³/mol. The Labute approximate surface area is 340 Å².